The number of H-pyrrole nitrogens is 1. The second-order valence-corrected chi connectivity index (χ2v) is 10.3. The van der Waals surface area contributed by atoms with Gasteiger partial charge in [0.1, 0.15) is 24.2 Å². The molecule has 0 aliphatic carbocycles. The number of fused-ring (bicyclic) bond motifs is 2. The first kappa shape index (κ1) is 22.3. The number of nitrogens with one attached hydrogen (secondary N) is 1. The first-order valence-corrected chi connectivity index (χ1v) is 12.5. The molecule has 1 fully saturated rings. The summed E-state index contributed by atoms with van der Waals surface area (Å²) in [6.07, 6.45) is 1.69. The Balaban J connectivity index is 1.18. The van der Waals surface area contributed by atoms with Gasteiger partial charge in [-0.3, -0.25) is 4.90 Å². The van der Waals surface area contributed by atoms with E-state index in [-0.39, 0.29) is 0 Å². The number of hydrogen-bond donors (Lipinski definition) is 2. The fraction of sp³-hybridized carbons (Fsp3) is 0.407. The minimum absolute atomic E-state index is 0.298. The Hall–Kier alpha value is -2.54. The van der Waals surface area contributed by atoms with Crippen molar-refractivity contribution in [3.8, 4) is 11.5 Å². The molecule has 1 aliphatic rings. The number of likely N-dealkylation sites (tertiary alicyclic amines) is 1. The second-order valence-electron chi connectivity index (χ2n) is 9.22. The van der Waals surface area contributed by atoms with Gasteiger partial charge in [0, 0.05) is 44.1 Å². The lowest BCUT2D eigenvalue weighted by molar-refractivity contribution is 0.0408. The molecule has 33 heavy (non-hydrogen) atoms. The van der Waals surface area contributed by atoms with Crippen LogP contribution in [0.25, 0.3) is 21.0 Å². The molecule has 0 spiro atoms. The van der Waals surface area contributed by atoms with Gasteiger partial charge >= 0.3 is 0 Å². The molecule has 0 radical (unpaired) electrons. The first-order chi connectivity index (χ1) is 16.0. The van der Waals surface area contributed by atoms with E-state index in [1.807, 2.05) is 42.5 Å². The summed E-state index contributed by atoms with van der Waals surface area (Å²) in [4.78, 5) is 7.18. The summed E-state index contributed by atoms with van der Waals surface area (Å²) in [7, 11) is 1.74. The largest absolute Gasteiger partial charge is 0.496 e. The average Bonchev–Trinajstić information content (AvgIpc) is 3.41. The molecule has 0 unspecified atom stereocenters. The average molecular weight is 465 g/mol. The van der Waals surface area contributed by atoms with Crippen molar-refractivity contribution in [2.24, 2.45) is 0 Å². The highest BCUT2D eigenvalue weighted by molar-refractivity contribution is 7.19. The number of aryl methyl sites for hydroxylation is 1. The number of piperidine rings is 1. The van der Waals surface area contributed by atoms with Crippen LogP contribution in [0.3, 0.4) is 0 Å². The zero-order valence-electron chi connectivity index (χ0n) is 19.5. The van der Waals surface area contributed by atoms with Crippen molar-refractivity contribution in [1.29, 1.82) is 0 Å². The van der Waals surface area contributed by atoms with Crippen LogP contribution in [0.15, 0.2) is 48.5 Å². The quantitative estimate of drug-likeness (QED) is 0.368. The molecule has 0 saturated carbocycles. The number of ether oxygens (including phenoxy) is 2. The van der Waals surface area contributed by atoms with Gasteiger partial charge in [-0.05, 0) is 75.5 Å². The number of thiophene rings is 1. The SMILES string of the molecule is COc1cccc2sc([C@H]3CCN(C[C@H](O)COc4cccc5[nH]c(C)cc45)[C@@H](C)C3)cc12. The normalized spacial score (nSPS) is 20.4. The van der Waals surface area contributed by atoms with Gasteiger partial charge in [-0.1, -0.05) is 12.1 Å². The molecule has 2 aromatic heterocycles. The Bertz CT molecular complexity index is 1250. The number of β-amino-alcohol motifs (C(OH)–C–C–N with tert-alkyl or cyclic N) is 1. The van der Waals surface area contributed by atoms with Gasteiger partial charge < -0.3 is 19.6 Å². The maximum absolute atomic E-state index is 10.7. The molecule has 2 N–H and O–H groups in total. The van der Waals surface area contributed by atoms with Crippen LogP contribution in [0.5, 0.6) is 11.5 Å². The van der Waals surface area contributed by atoms with Gasteiger partial charge in [0.15, 0.2) is 0 Å². The number of aromatic amines is 1. The van der Waals surface area contributed by atoms with E-state index in [0.717, 1.165) is 47.5 Å². The van der Waals surface area contributed by atoms with E-state index in [0.29, 0.717) is 25.1 Å². The molecule has 2 aromatic carbocycles. The van der Waals surface area contributed by atoms with Gasteiger partial charge in [-0.25, -0.2) is 0 Å². The van der Waals surface area contributed by atoms with Gasteiger partial charge in [0.25, 0.3) is 0 Å². The number of rotatable bonds is 7. The summed E-state index contributed by atoms with van der Waals surface area (Å²) in [6.45, 7) is 6.24. The molecule has 6 heteroatoms. The Labute approximate surface area is 198 Å². The predicted octanol–water partition coefficient (Wildman–Crippen LogP) is 5.71. The number of nitrogens with zero attached hydrogens (tertiary/aromatic N) is 1. The van der Waals surface area contributed by atoms with Crippen molar-refractivity contribution in [3.63, 3.8) is 0 Å². The summed E-state index contributed by atoms with van der Waals surface area (Å²) in [6, 6.07) is 17.1. The van der Waals surface area contributed by atoms with Crippen molar-refractivity contribution < 1.29 is 14.6 Å². The summed E-state index contributed by atoms with van der Waals surface area (Å²) in [5.74, 6) is 2.33. The van der Waals surface area contributed by atoms with E-state index in [1.165, 1.54) is 15.0 Å². The zero-order chi connectivity index (χ0) is 22.9. The Morgan fingerprint density at radius 1 is 1.15 bits per heavy atom. The Kier molecular flexibility index (Phi) is 6.32. The Morgan fingerprint density at radius 2 is 1.97 bits per heavy atom. The standard InChI is InChI=1S/C27H32N2O3S/c1-17-12-21-23(28-17)6-4-8-25(21)32-16-20(30)15-29-11-10-19(13-18(29)2)27-14-22-24(31-3)7-5-9-26(22)33-27/h4-9,12,14,18-20,28,30H,10-11,13,15-16H2,1-3H3/t18-,19-,20-/m0/s1. The lowest BCUT2D eigenvalue weighted by Gasteiger charge is -2.38. The van der Waals surface area contributed by atoms with E-state index in [1.54, 1.807) is 7.11 Å². The highest BCUT2D eigenvalue weighted by Gasteiger charge is 2.29. The van der Waals surface area contributed by atoms with Crippen LogP contribution in [0, 0.1) is 6.92 Å². The van der Waals surface area contributed by atoms with E-state index in [2.05, 4.69) is 41.1 Å². The van der Waals surface area contributed by atoms with Gasteiger partial charge in [-0.15, -0.1) is 11.3 Å². The van der Waals surface area contributed by atoms with Crippen LogP contribution < -0.4 is 9.47 Å². The minimum Gasteiger partial charge on any atom is -0.496 e. The lowest BCUT2D eigenvalue weighted by atomic mass is 9.90. The van der Waals surface area contributed by atoms with Crippen molar-refractivity contribution in [2.75, 3.05) is 26.8 Å². The van der Waals surface area contributed by atoms with Gasteiger partial charge in [0.05, 0.1) is 7.11 Å². The fourth-order valence-corrected chi connectivity index (χ4v) is 6.31. The molecule has 5 rings (SSSR count). The van der Waals surface area contributed by atoms with Crippen LogP contribution in [0.1, 0.15) is 36.3 Å². The molecule has 5 nitrogen and oxygen atoms in total. The third kappa shape index (κ3) is 4.60. The molecule has 4 aromatic rings. The molecule has 0 amide bonds. The smallest absolute Gasteiger partial charge is 0.128 e. The molecule has 0 bridgehead atoms. The van der Waals surface area contributed by atoms with E-state index >= 15 is 0 Å². The van der Waals surface area contributed by atoms with Gasteiger partial charge in [0.2, 0.25) is 0 Å². The molecular weight excluding hydrogens is 432 g/mol. The minimum atomic E-state index is -0.520. The van der Waals surface area contributed by atoms with E-state index in [9.17, 15) is 5.11 Å². The fourth-order valence-electron chi connectivity index (χ4n) is 5.09. The summed E-state index contributed by atoms with van der Waals surface area (Å²) >= 11 is 1.89. The number of aromatic nitrogens is 1. The molecule has 3 atom stereocenters. The van der Waals surface area contributed by atoms with Crippen molar-refractivity contribution in [1.82, 2.24) is 9.88 Å². The van der Waals surface area contributed by atoms with Gasteiger partial charge in [-0.2, -0.15) is 0 Å². The lowest BCUT2D eigenvalue weighted by Crippen LogP contribution is -2.45. The number of hydrogen-bond acceptors (Lipinski definition) is 5. The Morgan fingerprint density at radius 3 is 2.79 bits per heavy atom. The molecule has 1 aliphatic heterocycles. The van der Waals surface area contributed by atoms with Crippen molar-refractivity contribution in [3.05, 3.63) is 59.1 Å². The highest BCUT2D eigenvalue weighted by Crippen LogP contribution is 2.40. The van der Waals surface area contributed by atoms with Crippen LogP contribution in [-0.4, -0.2) is 53.9 Å². The predicted molar refractivity (Wildman–Crippen MR) is 136 cm³/mol. The third-order valence-electron chi connectivity index (χ3n) is 6.81. The van der Waals surface area contributed by atoms with Crippen LogP contribution in [0.4, 0.5) is 0 Å². The van der Waals surface area contributed by atoms with E-state index in [4.69, 9.17) is 9.47 Å². The first-order valence-electron chi connectivity index (χ1n) is 11.7. The monoisotopic (exact) mass is 464 g/mol. The molecule has 3 heterocycles. The maximum Gasteiger partial charge on any atom is 0.128 e. The second kappa shape index (κ2) is 9.37. The van der Waals surface area contributed by atoms with Crippen LogP contribution in [0.2, 0.25) is 0 Å². The number of benzene rings is 2. The van der Waals surface area contributed by atoms with Crippen LogP contribution in [-0.2, 0) is 0 Å². The maximum atomic E-state index is 10.7. The van der Waals surface area contributed by atoms with Crippen molar-refractivity contribution >= 4 is 32.3 Å². The molecule has 1 saturated heterocycles. The summed E-state index contributed by atoms with van der Waals surface area (Å²) in [5, 5.41) is 13.0. The van der Waals surface area contributed by atoms with E-state index < -0.39 is 6.10 Å². The topological polar surface area (TPSA) is 57.7 Å². The number of aliphatic hydroxyl groups is 1. The number of methoxy groups -OCH3 is 1. The highest BCUT2D eigenvalue weighted by atomic mass is 32.1. The molecular formula is C27H32N2O3S. The zero-order valence-corrected chi connectivity index (χ0v) is 20.3. The summed E-state index contributed by atoms with van der Waals surface area (Å²) < 4.78 is 12.8. The number of aliphatic hydroxyl groups excluding tert-OH is 1. The third-order valence-corrected chi connectivity index (χ3v) is 8.07. The van der Waals surface area contributed by atoms with Crippen molar-refractivity contribution in [2.45, 2.75) is 44.8 Å². The van der Waals surface area contributed by atoms with Crippen LogP contribution >= 0.6 is 11.3 Å². The summed E-state index contributed by atoms with van der Waals surface area (Å²) in [5.41, 5.74) is 2.17. The molecule has 174 valence electrons.